The summed E-state index contributed by atoms with van der Waals surface area (Å²) in [7, 11) is 0. The number of hydrogen-bond acceptors (Lipinski definition) is 2. The van der Waals surface area contributed by atoms with E-state index in [9.17, 15) is 0 Å². The molecule has 1 aliphatic heterocycles. The highest BCUT2D eigenvalue weighted by molar-refractivity contribution is 4.68. The maximum absolute atomic E-state index is 5.37. The number of rotatable bonds is 8. The molecule has 1 rings (SSSR count). The van der Waals surface area contributed by atoms with Crippen molar-refractivity contribution in [3.05, 3.63) is 0 Å². The summed E-state index contributed by atoms with van der Waals surface area (Å²) in [5.41, 5.74) is 0. The molecule has 0 bridgehead atoms. The Morgan fingerprint density at radius 1 is 1.25 bits per heavy atom. The van der Waals surface area contributed by atoms with E-state index in [2.05, 4.69) is 19.2 Å². The van der Waals surface area contributed by atoms with E-state index < -0.39 is 0 Å². The van der Waals surface area contributed by atoms with Gasteiger partial charge in [-0.15, -0.1) is 0 Å². The van der Waals surface area contributed by atoms with Crippen LogP contribution in [0.25, 0.3) is 0 Å². The Morgan fingerprint density at radius 2 is 2.00 bits per heavy atom. The first-order valence-electron chi connectivity index (χ1n) is 7.15. The van der Waals surface area contributed by atoms with Gasteiger partial charge in [-0.05, 0) is 44.2 Å². The zero-order valence-electron chi connectivity index (χ0n) is 11.1. The van der Waals surface area contributed by atoms with E-state index in [0.29, 0.717) is 0 Å². The van der Waals surface area contributed by atoms with E-state index in [1.807, 2.05) is 0 Å². The van der Waals surface area contributed by atoms with Gasteiger partial charge in [0.2, 0.25) is 0 Å². The Kier molecular flexibility index (Phi) is 7.87. The van der Waals surface area contributed by atoms with Gasteiger partial charge in [-0.25, -0.2) is 0 Å². The average Bonchev–Trinajstić information content (AvgIpc) is 2.35. The van der Waals surface area contributed by atoms with Crippen molar-refractivity contribution < 1.29 is 4.74 Å². The highest BCUT2D eigenvalue weighted by Gasteiger charge is 2.13. The van der Waals surface area contributed by atoms with Crippen LogP contribution >= 0.6 is 0 Å². The molecule has 1 N–H and O–H groups in total. The largest absolute Gasteiger partial charge is 0.381 e. The molecule has 0 aromatic carbocycles. The molecular formula is C14H29NO. The van der Waals surface area contributed by atoms with Gasteiger partial charge in [0.15, 0.2) is 0 Å². The second-order valence-corrected chi connectivity index (χ2v) is 5.13. The summed E-state index contributed by atoms with van der Waals surface area (Å²) in [6.07, 6.45) is 7.93. The summed E-state index contributed by atoms with van der Waals surface area (Å²) in [6, 6.07) is 0. The van der Waals surface area contributed by atoms with Crippen molar-refractivity contribution in [1.82, 2.24) is 5.32 Å². The lowest BCUT2D eigenvalue weighted by atomic mass is 9.97. The Bertz CT molecular complexity index is 155. The summed E-state index contributed by atoms with van der Waals surface area (Å²) in [5.74, 6) is 1.75. The monoisotopic (exact) mass is 227 g/mol. The van der Waals surface area contributed by atoms with Gasteiger partial charge >= 0.3 is 0 Å². The Morgan fingerprint density at radius 3 is 2.62 bits per heavy atom. The highest BCUT2D eigenvalue weighted by Crippen LogP contribution is 2.15. The van der Waals surface area contributed by atoms with Crippen molar-refractivity contribution >= 4 is 0 Å². The van der Waals surface area contributed by atoms with Crippen molar-refractivity contribution in [3.63, 3.8) is 0 Å². The third-order valence-electron chi connectivity index (χ3n) is 3.75. The zero-order valence-corrected chi connectivity index (χ0v) is 11.1. The van der Waals surface area contributed by atoms with Gasteiger partial charge in [0.05, 0.1) is 0 Å². The fraction of sp³-hybridized carbons (Fsp3) is 1.00. The normalized spacial score (nSPS) is 19.9. The fourth-order valence-corrected chi connectivity index (χ4v) is 2.39. The van der Waals surface area contributed by atoms with Crippen LogP contribution < -0.4 is 5.32 Å². The molecule has 0 saturated carbocycles. The van der Waals surface area contributed by atoms with Crippen molar-refractivity contribution in [1.29, 1.82) is 0 Å². The molecule has 2 heteroatoms. The van der Waals surface area contributed by atoms with E-state index in [0.717, 1.165) is 25.0 Å². The van der Waals surface area contributed by atoms with Gasteiger partial charge in [-0.3, -0.25) is 0 Å². The molecule has 1 unspecified atom stereocenters. The fourth-order valence-electron chi connectivity index (χ4n) is 2.39. The molecule has 16 heavy (non-hydrogen) atoms. The number of ether oxygens (including phenoxy) is 1. The van der Waals surface area contributed by atoms with Gasteiger partial charge in [-0.2, -0.15) is 0 Å². The molecular weight excluding hydrogens is 198 g/mol. The average molecular weight is 227 g/mol. The minimum atomic E-state index is 0.859. The minimum Gasteiger partial charge on any atom is -0.381 e. The lowest BCUT2D eigenvalue weighted by Gasteiger charge is -2.23. The molecule has 1 saturated heterocycles. The van der Waals surface area contributed by atoms with Crippen LogP contribution in [0.3, 0.4) is 0 Å². The Hall–Kier alpha value is -0.0800. The molecule has 0 aromatic heterocycles. The maximum Gasteiger partial charge on any atom is 0.0469 e. The van der Waals surface area contributed by atoms with Crippen molar-refractivity contribution in [2.75, 3.05) is 26.3 Å². The summed E-state index contributed by atoms with van der Waals surface area (Å²) in [4.78, 5) is 0. The lowest BCUT2D eigenvalue weighted by Crippen LogP contribution is -2.31. The van der Waals surface area contributed by atoms with E-state index in [4.69, 9.17) is 4.74 Å². The molecule has 0 aliphatic carbocycles. The summed E-state index contributed by atoms with van der Waals surface area (Å²) in [6.45, 7) is 8.96. The maximum atomic E-state index is 5.37. The van der Waals surface area contributed by atoms with E-state index in [-0.39, 0.29) is 0 Å². The van der Waals surface area contributed by atoms with Crippen LogP contribution in [-0.2, 0) is 4.74 Å². The van der Waals surface area contributed by atoms with E-state index in [1.165, 1.54) is 51.6 Å². The van der Waals surface area contributed by atoms with Crippen LogP contribution in [0.5, 0.6) is 0 Å². The molecule has 0 spiro atoms. The lowest BCUT2D eigenvalue weighted by molar-refractivity contribution is 0.0660. The topological polar surface area (TPSA) is 21.3 Å². The summed E-state index contributed by atoms with van der Waals surface area (Å²) >= 11 is 0. The molecule has 1 atom stereocenters. The standard InChI is InChI=1S/C14H29NO/c1-3-5-6-13(4-2)11-15-12-14-7-9-16-10-8-14/h13-15H,3-12H2,1-2H3. The molecule has 2 nitrogen and oxygen atoms in total. The Labute approximate surface area is 101 Å². The van der Waals surface area contributed by atoms with Crippen LogP contribution in [0.4, 0.5) is 0 Å². The molecule has 0 amide bonds. The number of nitrogens with one attached hydrogen (secondary N) is 1. The third kappa shape index (κ3) is 5.86. The van der Waals surface area contributed by atoms with Crippen molar-refractivity contribution in [3.8, 4) is 0 Å². The van der Waals surface area contributed by atoms with E-state index >= 15 is 0 Å². The minimum absolute atomic E-state index is 0.859. The van der Waals surface area contributed by atoms with Crippen LogP contribution in [0.1, 0.15) is 52.4 Å². The predicted octanol–water partition coefficient (Wildman–Crippen LogP) is 3.22. The van der Waals surface area contributed by atoms with Gasteiger partial charge < -0.3 is 10.1 Å². The van der Waals surface area contributed by atoms with Crippen LogP contribution in [-0.4, -0.2) is 26.3 Å². The number of unbranched alkanes of at least 4 members (excludes halogenated alkanes) is 1. The van der Waals surface area contributed by atoms with Gasteiger partial charge in [0.25, 0.3) is 0 Å². The van der Waals surface area contributed by atoms with Crippen LogP contribution in [0.15, 0.2) is 0 Å². The van der Waals surface area contributed by atoms with Crippen molar-refractivity contribution in [2.24, 2.45) is 11.8 Å². The number of hydrogen-bond donors (Lipinski definition) is 1. The van der Waals surface area contributed by atoms with E-state index in [1.54, 1.807) is 0 Å². The van der Waals surface area contributed by atoms with Crippen LogP contribution in [0.2, 0.25) is 0 Å². The third-order valence-corrected chi connectivity index (χ3v) is 3.75. The first kappa shape index (κ1) is 14.0. The molecule has 1 heterocycles. The highest BCUT2D eigenvalue weighted by atomic mass is 16.5. The second kappa shape index (κ2) is 9.00. The summed E-state index contributed by atoms with van der Waals surface area (Å²) < 4.78 is 5.37. The van der Waals surface area contributed by atoms with Gasteiger partial charge in [-0.1, -0.05) is 33.1 Å². The van der Waals surface area contributed by atoms with Gasteiger partial charge in [0, 0.05) is 13.2 Å². The quantitative estimate of drug-likeness (QED) is 0.687. The molecule has 96 valence electrons. The summed E-state index contributed by atoms with van der Waals surface area (Å²) in [5, 5.41) is 3.66. The second-order valence-electron chi connectivity index (χ2n) is 5.13. The van der Waals surface area contributed by atoms with Gasteiger partial charge in [0.1, 0.15) is 0 Å². The SMILES string of the molecule is CCCCC(CC)CNCC1CCOCC1. The smallest absolute Gasteiger partial charge is 0.0469 e. The molecule has 1 aliphatic rings. The molecule has 1 fully saturated rings. The first-order valence-corrected chi connectivity index (χ1v) is 7.15. The predicted molar refractivity (Wildman–Crippen MR) is 69.7 cm³/mol. The Balaban J connectivity index is 2.02. The zero-order chi connectivity index (χ0) is 11.6. The van der Waals surface area contributed by atoms with Crippen LogP contribution in [0, 0.1) is 11.8 Å². The first-order chi connectivity index (χ1) is 7.86. The van der Waals surface area contributed by atoms with Crippen molar-refractivity contribution in [2.45, 2.75) is 52.4 Å². The molecule has 0 aromatic rings. The molecule has 0 radical (unpaired) electrons.